The lowest BCUT2D eigenvalue weighted by molar-refractivity contribution is -0.115. The Labute approximate surface area is 117 Å². The molecule has 1 amide bonds. The second-order valence-corrected chi connectivity index (χ2v) is 6.17. The molecule has 0 saturated heterocycles. The molecule has 0 aliphatic heterocycles. The summed E-state index contributed by atoms with van der Waals surface area (Å²) in [6.07, 6.45) is 1.49. The van der Waals surface area contributed by atoms with Crippen molar-refractivity contribution in [2.75, 3.05) is 5.32 Å². The van der Waals surface area contributed by atoms with Gasteiger partial charge in [0.2, 0.25) is 5.91 Å². The third-order valence-electron chi connectivity index (χ3n) is 1.97. The highest BCUT2D eigenvalue weighted by Gasteiger charge is 2.16. The molecule has 0 unspecified atom stereocenters. The number of thioether (sulfide) groups is 1. The van der Waals surface area contributed by atoms with Gasteiger partial charge in [-0.25, -0.2) is 4.98 Å². The Morgan fingerprint density at radius 3 is 3.00 bits per heavy atom. The largest absolute Gasteiger partial charge is 0.310 e. The number of carbonyl (C=O) groups is 1. The highest BCUT2D eigenvalue weighted by Crippen LogP contribution is 2.24. The van der Waals surface area contributed by atoms with Crippen molar-refractivity contribution in [3.05, 3.63) is 28.9 Å². The van der Waals surface area contributed by atoms with Crippen molar-refractivity contribution in [2.24, 2.45) is 0 Å². The molecule has 94 valence electrons. The van der Waals surface area contributed by atoms with E-state index in [1.54, 1.807) is 24.6 Å². The molecular formula is C10H9ClN4OS2. The zero-order valence-electron chi connectivity index (χ0n) is 9.33. The molecule has 5 nitrogen and oxygen atoms in total. The summed E-state index contributed by atoms with van der Waals surface area (Å²) in [4.78, 5) is 15.9. The number of carbonyl (C=O) groups excluding carboxylic acids is 1. The Kier molecular flexibility index (Phi) is 4.51. The SMILES string of the molecule is C[C@H](Sc1nncs1)C(=O)Nc1ccc(Cl)cn1. The number of rotatable bonds is 4. The van der Waals surface area contributed by atoms with Gasteiger partial charge in [0.15, 0.2) is 4.34 Å². The molecule has 0 spiro atoms. The lowest BCUT2D eigenvalue weighted by Gasteiger charge is -2.09. The summed E-state index contributed by atoms with van der Waals surface area (Å²) < 4.78 is 0.765. The Morgan fingerprint density at radius 2 is 2.39 bits per heavy atom. The summed E-state index contributed by atoms with van der Waals surface area (Å²) >= 11 is 8.48. The molecule has 2 aromatic heterocycles. The van der Waals surface area contributed by atoms with Crippen LogP contribution in [0.1, 0.15) is 6.92 Å². The van der Waals surface area contributed by atoms with Crippen LogP contribution in [0.4, 0.5) is 5.82 Å². The first kappa shape index (κ1) is 13.3. The maximum absolute atomic E-state index is 11.9. The minimum atomic E-state index is -0.268. The number of anilines is 1. The Morgan fingerprint density at radius 1 is 1.56 bits per heavy atom. The third kappa shape index (κ3) is 3.66. The molecule has 0 aliphatic rings. The number of amides is 1. The fourth-order valence-electron chi connectivity index (χ4n) is 1.10. The monoisotopic (exact) mass is 300 g/mol. The summed E-state index contributed by atoms with van der Waals surface area (Å²) in [5.41, 5.74) is 1.63. The molecule has 1 N–H and O–H groups in total. The van der Waals surface area contributed by atoms with E-state index in [2.05, 4.69) is 20.5 Å². The number of aromatic nitrogens is 3. The van der Waals surface area contributed by atoms with Gasteiger partial charge in [-0.2, -0.15) is 0 Å². The number of pyridine rings is 1. The molecule has 0 aromatic carbocycles. The fraction of sp³-hybridized carbons (Fsp3) is 0.200. The zero-order chi connectivity index (χ0) is 13.0. The average Bonchev–Trinajstić information content (AvgIpc) is 2.85. The third-order valence-corrected chi connectivity index (χ3v) is 4.10. The van der Waals surface area contributed by atoms with E-state index in [1.807, 2.05) is 0 Å². The Bertz CT molecular complexity index is 517. The first-order valence-electron chi connectivity index (χ1n) is 5.00. The maximum Gasteiger partial charge on any atom is 0.238 e. The van der Waals surface area contributed by atoms with Gasteiger partial charge in [0.25, 0.3) is 0 Å². The lowest BCUT2D eigenvalue weighted by Crippen LogP contribution is -2.22. The molecule has 0 fully saturated rings. The number of nitrogens with zero attached hydrogens (tertiary/aromatic N) is 3. The summed E-state index contributed by atoms with van der Waals surface area (Å²) in [5.74, 6) is 0.346. The van der Waals surface area contributed by atoms with Crippen LogP contribution in [0.3, 0.4) is 0 Å². The van der Waals surface area contributed by atoms with E-state index in [0.717, 1.165) is 4.34 Å². The van der Waals surface area contributed by atoms with E-state index >= 15 is 0 Å². The van der Waals surface area contributed by atoms with Crippen LogP contribution in [-0.4, -0.2) is 26.3 Å². The van der Waals surface area contributed by atoms with E-state index < -0.39 is 0 Å². The van der Waals surface area contributed by atoms with Crippen LogP contribution in [0, 0.1) is 0 Å². The van der Waals surface area contributed by atoms with Crippen LogP contribution in [-0.2, 0) is 4.79 Å². The second kappa shape index (κ2) is 6.12. The summed E-state index contributed by atoms with van der Waals surface area (Å²) in [6, 6.07) is 3.33. The van der Waals surface area contributed by atoms with E-state index in [1.165, 1.54) is 29.3 Å². The van der Waals surface area contributed by atoms with Crippen molar-refractivity contribution in [2.45, 2.75) is 16.5 Å². The average molecular weight is 301 g/mol. The van der Waals surface area contributed by atoms with Crippen molar-refractivity contribution in [1.29, 1.82) is 0 Å². The van der Waals surface area contributed by atoms with Gasteiger partial charge in [0.05, 0.1) is 10.3 Å². The predicted octanol–water partition coefficient (Wildman–Crippen LogP) is 2.71. The number of hydrogen-bond donors (Lipinski definition) is 1. The van der Waals surface area contributed by atoms with Gasteiger partial charge in [0.1, 0.15) is 11.3 Å². The summed E-state index contributed by atoms with van der Waals surface area (Å²) in [6.45, 7) is 1.80. The van der Waals surface area contributed by atoms with Gasteiger partial charge in [-0.1, -0.05) is 34.7 Å². The Balaban J connectivity index is 1.93. The zero-order valence-corrected chi connectivity index (χ0v) is 11.7. The fourth-order valence-corrected chi connectivity index (χ4v) is 2.83. The van der Waals surface area contributed by atoms with Gasteiger partial charge in [-0.15, -0.1) is 10.2 Å². The standard InChI is InChI=1S/C10H9ClN4OS2/c1-6(18-10-15-13-5-17-10)9(16)14-8-3-2-7(11)4-12-8/h2-6H,1H3,(H,12,14,16)/t6-/m0/s1. The van der Waals surface area contributed by atoms with E-state index in [0.29, 0.717) is 10.8 Å². The molecule has 2 rings (SSSR count). The smallest absolute Gasteiger partial charge is 0.238 e. The first-order valence-corrected chi connectivity index (χ1v) is 7.14. The molecule has 0 aliphatic carbocycles. The van der Waals surface area contributed by atoms with Crippen LogP contribution < -0.4 is 5.32 Å². The van der Waals surface area contributed by atoms with E-state index in [-0.39, 0.29) is 11.2 Å². The van der Waals surface area contributed by atoms with Crippen LogP contribution in [0.15, 0.2) is 28.2 Å². The predicted molar refractivity (Wildman–Crippen MR) is 73.1 cm³/mol. The second-order valence-electron chi connectivity index (χ2n) is 3.32. The van der Waals surface area contributed by atoms with Gasteiger partial charge in [-0.3, -0.25) is 4.79 Å². The minimum Gasteiger partial charge on any atom is -0.310 e. The number of nitrogens with one attached hydrogen (secondary N) is 1. The molecule has 2 heterocycles. The van der Waals surface area contributed by atoms with Gasteiger partial charge < -0.3 is 5.32 Å². The van der Waals surface area contributed by atoms with Crippen LogP contribution in [0.25, 0.3) is 0 Å². The summed E-state index contributed by atoms with van der Waals surface area (Å²) in [5, 5.41) is 10.6. The van der Waals surface area contributed by atoms with Crippen molar-refractivity contribution in [1.82, 2.24) is 15.2 Å². The topological polar surface area (TPSA) is 67.8 Å². The first-order chi connectivity index (χ1) is 8.65. The lowest BCUT2D eigenvalue weighted by atomic mass is 10.4. The molecule has 18 heavy (non-hydrogen) atoms. The highest BCUT2D eigenvalue weighted by atomic mass is 35.5. The Hall–Kier alpha value is -1.18. The van der Waals surface area contributed by atoms with Crippen LogP contribution in [0.2, 0.25) is 5.02 Å². The van der Waals surface area contributed by atoms with E-state index in [4.69, 9.17) is 11.6 Å². The van der Waals surface area contributed by atoms with Crippen molar-refractivity contribution >= 4 is 46.4 Å². The molecule has 0 saturated carbocycles. The quantitative estimate of drug-likeness (QED) is 0.879. The van der Waals surface area contributed by atoms with Crippen LogP contribution >= 0.6 is 34.7 Å². The number of halogens is 1. The van der Waals surface area contributed by atoms with Crippen LogP contribution in [0.5, 0.6) is 0 Å². The summed E-state index contributed by atoms with van der Waals surface area (Å²) in [7, 11) is 0. The van der Waals surface area contributed by atoms with Crippen molar-refractivity contribution in [3.8, 4) is 0 Å². The molecule has 1 atom stereocenters. The molecule has 2 aromatic rings. The minimum absolute atomic E-state index is 0.134. The normalized spacial score (nSPS) is 12.1. The van der Waals surface area contributed by atoms with Crippen molar-refractivity contribution < 1.29 is 4.79 Å². The van der Waals surface area contributed by atoms with Gasteiger partial charge in [-0.05, 0) is 19.1 Å². The van der Waals surface area contributed by atoms with Gasteiger partial charge >= 0.3 is 0 Å². The highest BCUT2D eigenvalue weighted by molar-refractivity contribution is 8.02. The van der Waals surface area contributed by atoms with Gasteiger partial charge in [0, 0.05) is 6.20 Å². The molecule has 8 heteroatoms. The number of hydrogen-bond acceptors (Lipinski definition) is 6. The molecule has 0 radical (unpaired) electrons. The maximum atomic E-state index is 11.9. The van der Waals surface area contributed by atoms with Crippen molar-refractivity contribution in [3.63, 3.8) is 0 Å². The molecule has 0 bridgehead atoms. The molecular weight excluding hydrogens is 292 g/mol. The van der Waals surface area contributed by atoms with E-state index in [9.17, 15) is 4.79 Å².